The van der Waals surface area contributed by atoms with Gasteiger partial charge in [-0.3, -0.25) is 4.79 Å². The van der Waals surface area contributed by atoms with Crippen LogP contribution < -0.4 is 5.73 Å². The number of nitrogen functional groups attached to an aromatic ring is 1. The van der Waals surface area contributed by atoms with Gasteiger partial charge in [-0.15, -0.1) is 11.3 Å². The number of rotatable bonds is 3. The average molecular weight is 229 g/mol. The molecular weight excluding hydrogens is 220 g/mol. The largest absolute Gasteiger partial charge is 0.375 e. The quantitative estimate of drug-likeness (QED) is 0.823. The molecule has 0 fully saturated rings. The maximum Gasteiger partial charge on any atom is 0.225 e. The van der Waals surface area contributed by atoms with Crippen LogP contribution in [0.15, 0.2) is 35.7 Å². The molecule has 1 aromatic heterocycles. The zero-order valence-electron chi connectivity index (χ0n) is 8.38. The predicted octanol–water partition coefficient (Wildman–Crippen LogP) is 2.52. The molecule has 0 saturated carbocycles. The molecule has 0 aliphatic heterocycles. The van der Waals surface area contributed by atoms with E-state index in [2.05, 4.69) is 4.98 Å². The second-order valence-corrected chi connectivity index (χ2v) is 4.00. The molecule has 0 aliphatic carbocycles. The van der Waals surface area contributed by atoms with Crippen LogP contribution in [0.4, 0.5) is 5.13 Å². The lowest BCUT2D eigenvalue weighted by Gasteiger charge is -2.01. The molecule has 0 aliphatic rings. The number of nitrogens with two attached hydrogens (primary N) is 1. The molecule has 2 rings (SSSR count). The van der Waals surface area contributed by atoms with Gasteiger partial charge in [0, 0.05) is 10.9 Å². The molecule has 1 aromatic carbocycles. The molecule has 1 heterocycles. The Bertz CT molecular complexity index is 531. The van der Waals surface area contributed by atoms with Crippen molar-refractivity contribution in [3.05, 3.63) is 41.3 Å². The molecule has 79 valence electrons. The zero-order valence-corrected chi connectivity index (χ0v) is 9.20. The lowest BCUT2D eigenvalue weighted by Crippen LogP contribution is -1.85. The summed E-state index contributed by atoms with van der Waals surface area (Å²) in [6.07, 6.45) is 4.78. The van der Waals surface area contributed by atoms with Crippen LogP contribution in [0.3, 0.4) is 0 Å². The monoisotopic (exact) mass is 229 g/mol. The van der Waals surface area contributed by atoms with E-state index in [1.807, 2.05) is 29.6 Å². The van der Waals surface area contributed by atoms with Gasteiger partial charge in [0.05, 0.1) is 5.69 Å². The lowest BCUT2D eigenvalue weighted by molar-refractivity contribution is 0.564. The van der Waals surface area contributed by atoms with Crippen LogP contribution in [0.2, 0.25) is 0 Å². The van der Waals surface area contributed by atoms with E-state index in [4.69, 9.17) is 5.73 Å². The van der Waals surface area contributed by atoms with Crippen molar-refractivity contribution in [2.75, 3.05) is 5.73 Å². The minimum absolute atomic E-state index is 0.538. The number of hydrogen-bond donors (Lipinski definition) is 1. The molecule has 1 radical (unpaired) electrons. The lowest BCUT2D eigenvalue weighted by atomic mass is 10.1. The molecule has 0 amide bonds. The van der Waals surface area contributed by atoms with Crippen LogP contribution in [0.25, 0.3) is 17.3 Å². The minimum atomic E-state index is 0.538. The maximum absolute atomic E-state index is 10.2. The van der Waals surface area contributed by atoms with Gasteiger partial charge >= 0.3 is 0 Å². The van der Waals surface area contributed by atoms with Crippen molar-refractivity contribution in [3.8, 4) is 11.3 Å². The highest BCUT2D eigenvalue weighted by Crippen LogP contribution is 2.26. The van der Waals surface area contributed by atoms with Crippen LogP contribution >= 0.6 is 11.3 Å². The molecule has 16 heavy (non-hydrogen) atoms. The van der Waals surface area contributed by atoms with Crippen LogP contribution in [0.5, 0.6) is 0 Å². The van der Waals surface area contributed by atoms with Crippen molar-refractivity contribution in [3.63, 3.8) is 0 Å². The fourth-order valence-electron chi connectivity index (χ4n) is 1.41. The van der Waals surface area contributed by atoms with Crippen molar-refractivity contribution >= 4 is 28.8 Å². The fraction of sp³-hybridized carbons (Fsp3) is 0. The van der Waals surface area contributed by atoms with Crippen LogP contribution in [-0.4, -0.2) is 11.3 Å². The van der Waals surface area contributed by atoms with Gasteiger partial charge < -0.3 is 5.73 Å². The third-order valence-corrected chi connectivity index (χ3v) is 2.76. The average Bonchev–Trinajstić information content (AvgIpc) is 2.73. The highest BCUT2D eigenvalue weighted by Gasteiger charge is 2.05. The van der Waals surface area contributed by atoms with Crippen molar-refractivity contribution in [1.29, 1.82) is 0 Å². The second kappa shape index (κ2) is 4.72. The molecule has 0 unspecified atom stereocenters. The Balaban J connectivity index is 2.47. The van der Waals surface area contributed by atoms with E-state index in [1.54, 1.807) is 12.4 Å². The standard InChI is InChI=1S/C12H9N2OS/c13-12-14-11(8-16-12)10-6-2-1-4-9(10)5-3-7-15/h1-6,8H,(H2,13,14)/b5-3+. The molecule has 4 heteroatoms. The molecule has 2 aromatic rings. The molecule has 0 saturated heterocycles. The van der Waals surface area contributed by atoms with E-state index in [0.29, 0.717) is 5.13 Å². The third kappa shape index (κ3) is 2.17. The van der Waals surface area contributed by atoms with Gasteiger partial charge in [-0.2, -0.15) is 0 Å². The van der Waals surface area contributed by atoms with E-state index in [0.717, 1.165) is 16.8 Å². The highest BCUT2D eigenvalue weighted by atomic mass is 32.1. The summed E-state index contributed by atoms with van der Waals surface area (Å²) >= 11 is 1.40. The third-order valence-electron chi connectivity index (χ3n) is 2.09. The van der Waals surface area contributed by atoms with E-state index in [9.17, 15) is 4.79 Å². The number of thiazole rings is 1. The number of aromatic nitrogens is 1. The second-order valence-electron chi connectivity index (χ2n) is 3.11. The summed E-state index contributed by atoms with van der Waals surface area (Å²) in [6.45, 7) is 0. The minimum Gasteiger partial charge on any atom is -0.375 e. The molecule has 0 bridgehead atoms. The van der Waals surface area contributed by atoms with E-state index >= 15 is 0 Å². The van der Waals surface area contributed by atoms with Gasteiger partial charge in [-0.25, -0.2) is 4.98 Å². The van der Waals surface area contributed by atoms with Crippen LogP contribution in [0, 0.1) is 0 Å². The number of carbonyl (C=O) groups excluding carboxylic acids is 1. The van der Waals surface area contributed by atoms with E-state index in [1.165, 1.54) is 17.4 Å². The first-order chi connectivity index (χ1) is 7.81. The Morgan fingerprint density at radius 3 is 2.88 bits per heavy atom. The van der Waals surface area contributed by atoms with Crippen LogP contribution in [0.1, 0.15) is 5.56 Å². The van der Waals surface area contributed by atoms with Gasteiger partial charge in [-0.05, 0) is 11.6 Å². The fourth-order valence-corrected chi connectivity index (χ4v) is 1.97. The molecular formula is C12H9N2OS. The van der Waals surface area contributed by atoms with Gasteiger partial charge in [-0.1, -0.05) is 30.3 Å². The predicted molar refractivity (Wildman–Crippen MR) is 66.7 cm³/mol. The number of hydrogen-bond acceptors (Lipinski definition) is 4. The highest BCUT2D eigenvalue weighted by molar-refractivity contribution is 7.13. The smallest absolute Gasteiger partial charge is 0.225 e. The Kier molecular flexibility index (Phi) is 3.12. The first kappa shape index (κ1) is 10.6. The number of anilines is 1. The first-order valence-electron chi connectivity index (χ1n) is 4.66. The molecule has 2 N–H and O–H groups in total. The first-order valence-corrected chi connectivity index (χ1v) is 5.54. The summed E-state index contributed by atoms with van der Waals surface area (Å²) in [7, 11) is 0. The van der Waals surface area contributed by atoms with E-state index in [-0.39, 0.29) is 0 Å². The number of nitrogens with zero attached hydrogens (tertiary/aromatic N) is 1. The number of benzene rings is 1. The molecule has 0 spiro atoms. The summed E-state index contributed by atoms with van der Waals surface area (Å²) in [5.41, 5.74) is 8.31. The summed E-state index contributed by atoms with van der Waals surface area (Å²) in [6, 6.07) is 7.69. The molecule has 3 nitrogen and oxygen atoms in total. The van der Waals surface area contributed by atoms with Gasteiger partial charge in [0.1, 0.15) is 0 Å². The van der Waals surface area contributed by atoms with Crippen molar-refractivity contribution in [1.82, 2.24) is 4.98 Å². The van der Waals surface area contributed by atoms with Crippen molar-refractivity contribution in [2.45, 2.75) is 0 Å². The molecule has 0 atom stereocenters. The maximum atomic E-state index is 10.2. The van der Waals surface area contributed by atoms with Crippen molar-refractivity contribution < 1.29 is 4.79 Å². The van der Waals surface area contributed by atoms with Crippen molar-refractivity contribution in [2.24, 2.45) is 0 Å². The number of allylic oxidation sites excluding steroid dienone is 1. The Labute approximate surface area is 97.3 Å². The Morgan fingerprint density at radius 1 is 1.38 bits per heavy atom. The van der Waals surface area contributed by atoms with Gasteiger partial charge in [0.2, 0.25) is 6.29 Å². The summed E-state index contributed by atoms with van der Waals surface area (Å²) in [4.78, 5) is 14.4. The Hall–Kier alpha value is -1.94. The normalized spacial score (nSPS) is 10.8. The van der Waals surface area contributed by atoms with Gasteiger partial charge in [0.25, 0.3) is 0 Å². The topological polar surface area (TPSA) is 56.0 Å². The summed E-state index contributed by atoms with van der Waals surface area (Å²) < 4.78 is 0. The van der Waals surface area contributed by atoms with Crippen LogP contribution in [-0.2, 0) is 4.79 Å². The summed E-state index contributed by atoms with van der Waals surface area (Å²) in [5.74, 6) is 0. The SMILES string of the molecule is Nc1nc(-c2ccccc2/C=C/[C]=O)cs1. The summed E-state index contributed by atoms with van der Waals surface area (Å²) in [5, 5.41) is 2.43. The zero-order chi connectivity index (χ0) is 11.4. The van der Waals surface area contributed by atoms with Gasteiger partial charge in [0.15, 0.2) is 5.13 Å². The Morgan fingerprint density at radius 2 is 2.19 bits per heavy atom. The van der Waals surface area contributed by atoms with E-state index < -0.39 is 0 Å².